The van der Waals surface area contributed by atoms with Crippen LogP contribution in [0.1, 0.15) is 42.6 Å². The SMILES string of the molecule is NC(=O)c1nnsc1NC1CCCCC1. The molecule has 0 radical (unpaired) electrons. The number of carbonyl (C=O) groups excluding carboxylic acids is 1. The summed E-state index contributed by atoms with van der Waals surface area (Å²) in [5.74, 6) is -0.512. The molecule has 1 aliphatic carbocycles. The van der Waals surface area contributed by atoms with Crippen molar-refractivity contribution in [1.29, 1.82) is 0 Å². The number of primary amides is 1. The Balaban J connectivity index is 2.03. The summed E-state index contributed by atoms with van der Waals surface area (Å²) in [5.41, 5.74) is 5.46. The van der Waals surface area contributed by atoms with E-state index in [1.807, 2.05) is 0 Å². The number of hydrogen-bond acceptors (Lipinski definition) is 5. The lowest BCUT2D eigenvalue weighted by molar-refractivity contribution is 0.0996. The number of rotatable bonds is 3. The maximum atomic E-state index is 11.0. The molecule has 1 aliphatic rings. The molecule has 5 nitrogen and oxygen atoms in total. The third-order valence-corrected chi connectivity index (χ3v) is 3.32. The predicted molar refractivity (Wildman–Crippen MR) is 58.9 cm³/mol. The summed E-state index contributed by atoms with van der Waals surface area (Å²) in [6.07, 6.45) is 6.10. The average molecular weight is 226 g/mol. The van der Waals surface area contributed by atoms with E-state index in [2.05, 4.69) is 14.9 Å². The first-order chi connectivity index (χ1) is 7.27. The molecule has 0 bridgehead atoms. The Kier molecular flexibility index (Phi) is 3.15. The van der Waals surface area contributed by atoms with Crippen LogP contribution in [0.3, 0.4) is 0 Å². The lowest BCUT2D eigenvalue weighted by Crippen LogP contribution is -2.23. The fourth-order valence-corrected chi connectivity index (χ4v) is 2.53. The number of anilines is 1. The molecule has 15 heavy (non-hydrogen) atoms. The zero-order valence-electron chi connectivity index (χ0n) is 8.40. The van der Waals surface area contributed by atoms with E-state index in [0.29, 0.717) is 6.04 Å². The van der Waals surface area contributed by atoms with Gasteiger partial charge in [-0.1, -0.05) is 23.8 Å². The summed E-state index contributed by atoms with van der Waals surface area (Å²) in [7, 11) is 0. The zero-order chi connectivity index (χ0) is 10.7. The van der Waals surface area contributed by atoms with Crippen LogP contribution in [0.25, 0.3) is 0 Å². The van der Waals surface area contributed by atoms with Gasteiger partial charge in [-0.3, -0.25) is 4.79 Å². The summed E-state index contributed by atoms with van der Waals surface area (Å²) in [6, 6.07) is 0.444. The molecule has 1 amide bonds. The van der Waals surface area contributed by atoms with Crippen LogP contribution < -0.4 is 11.1 Å². The van der Waals surface area contributed by atoms with Gasteiger partial charge in [-0.05, 0) is 12.8 Å². The van der Waals surface area contributed by atoms with Crippen molar-refractivity contribution >= 4 is 22.4 Å². The lowest BCUT2D eigenvalue weighted by atomic mass is 9.96. The number of nitrogens with two attached hydrogens (primary N) is 1. The second-order valence-electron chi connectivity index (χ2n) is 3.79. The van der Waals surface area contributed by atoms with Gasteiger partial charge >= 0.3 is 0 Å². The quantitative estimate of drug-likeness (QED) is 0.816. The number of amides is 1. The van der Waals surface area contributed by atoms with Gasteiger partial charge < -0.3 is 11.1 Å². The molecule has 0 atom stereocenters. The van der Waals surface area contributed by atoms with Gasteiger partial charge in [0.1, 0.15) is 5.00 Å². The lowest BCUT2D eigenvalue weighted by Gasteiger charge is -2.22. The zero-order valence-corrected chi connectivity index (χ0v) is 9.22. The van der Waals surface area contributed by atoms with Crippen molar-refractivity contribution in [2.24, 2.45) is 5.73 Å². The van der Waals surface area contributed by atoms with Gasteiger partial charge in [-0.25, -0.2) is 0 Å². The molecule has 6 heteroatoms. The minimum absolute atomic E-state index is 0.269. The Morgan fingerprint density at radius 2 is 2.13 bits per heavy atom. The van der Waals surface area contributed by atoms with Crippen molar-refractivity contribution in [1.82, 2.24) is 9.59 Å². The van der Waals surface area contributed by atoms with Crippen LogP contribution in [0.4, 0.5) is 5.00 Å². The van der Waals surface area contributed by atoms with E-state index in [0.717, 1.165) is 17.8 Å². The van der Waals surface area contributed by atoms with Crippen molar-refractivity contribution in [2.75, 3.05) is 5.32 Å². The first-order valence-corrected chi connectivity index (χ1v) is 5.93. The standard InChI is InChI=1S/C9H14N4OS/c10-8(14)7-9(15-13-12-7)11-6-4-2-1-3-5-6/h6,11H,1-5H2,(H2,10,14). The Bertz CT molecular complexity index is 346. The largest absolute Gasteiger partial charge is 0.371 e. The normalized spacial score (nSPS) is 17.6. The summed E-state index contributed by atoms with van der Waals surface area (Å²) < 4.78 is 3.74. The molecule has 2 rings (SSSR count). The van der Waals surface area contributed by atoms with Gasteiger partial charge in [0.05, 0.1) is 0 Å². The summed E-state index contributed by atoms with van der Waals surface area (Å²) in [6.45, 7) is 0. The number of aromatic nitrogens is 2. The average Bonchev–Trinajstić information content (AvgIpc) is 2.67. The maximum absolute atomic E-state index is 11.0. The van der Waals surface area contributed by atoms with E-state index in [1.54, 1.807) is 0 Å². The maximum Gasteiger partial charge on any atom is 0.272 e. The third-order valence-electron chi connectivity index (χ3n) is 2.66. The van der Waals surface area contributed by atoms with Gasteiger partial charge in [0.25, 0.3) is 5.91 Å². The van der Waals surface area contributed by atoms with Crippen LogP contribution in [0.2, 0.25) is 0 Å². The number of carbonyl (C=O) groups is 1. The Hall–Kier alpha value is -1.17. The molecule has 0 unspecified atom stereocenters. The number of hydrogen-bond donors (Lipinski definition) is 2. The van der Waals surface area contributed by atoms with Crippen molar-refractivity contribution in [3.05, 3.63) is 5.69 Å². The van der Waals surface area contributed by atoms with Crippen molar-refractivity contribution in [3.63, 3.8) is 0 Å². The van der Waals surface area contributed by atoms with Crippen molar-refractivity contribution < 1.29 is 4.79 Å². The van der Waals surface area contributed by atoms with Crippen LogP contribution in [0.5, 0.6) is 0 Å². The molecule has 0 aromatic carbocycles. The van der Waals surface area contributed by atoms with Gasteiger partial charge in [0.2, 0.25) is 0 Å². The molecular formula is C9H14N4OS. The van der Waals surface area contributed by atoms with Crippen LogP contribution in [0.15, 0.2) is 0 Å². The molecule has 1 aromatic rings. The molecule has 82 valence electrons. The van der Waals surface area contributed by atoms with E-state index in [-0.39, 0.29) is 5.69 Å². The van der Waals surface area contributed by atoms with Crippen LogP contribution in [-0.4, -0.2) is 21.5 Å². The van der Waals surface area contributed by atoms with E-state index >= 15 is 0 Å². The third kappa shape index (κ3) is 2.44. The van der Waals surface area contributed by atoms with E-state index < -0.39 is 5.91 Å². The topological polar surface area (TPSA) is 80.9 Å². The smallest absolute Gasteiger partial charge is 0.272 e. The summed E-state index contributed by atoms with van der Waals surface area (Å²) in [5, 5.41) is 7.73. The van der Waals surface area contributed by atoms with Gasteiger partial charge in [-0.2, -0.15) is 0 Å². The number of nitrogens with zero attached hydrogens (tertiary/aromatic N) is 2. The molecule has 0 spiro atoms. The second-order valence-corrected chi connectivity index (χ2v) is 4.55. The Morgan fingerprint density at radius 3 is 2.80 bits per heavy atom. The first kappa shape index (κ1) is 10.4. The first-order valence-electron chi connectivity index (χ1n) is 5.16. The van der Waals surface area contributed by atoms with E-state index in [1.165, 1.54) is 30.8 Å². The highest BCUT2D eigenvalue weighted by atomic mass is 32.1. The molecule has 1 heterocycles. The number of nitrogens with one attached hydrogen (secondary N) is 1. The minimum atomic E-state index is -0.512. The Morgan fingerprint density at radius 1 is 1.40 bits per heavy atom. The fraction of sp³-hybridized carbons (Fsp3) is 0.667. The summed E-state index contributed by atoms with van der Waals surface area (Å²) in [4.78, 5) is 11.0. The minimum Gasteiger partial charge on any atom is -0.371 e. The highest BCUT2D eigenvalue weighted by Gasteiger charge is 2.18. The van der Waals surface area contributed by atoms with Crippen molar-refractivity contribution in [3.8, 4) is 0 Å². The molecular weight excluding hydrogens is 212 g/mol. The molecule has 0 aliphatic heterocycles. The molecule has 1 fully saturated rings. The van der Waals surface area contributed by atoms with Gasteiger partial charge in [-0.15, -0.1) is 5.10 Å². The molecule has 1 aromatic heterocycles. The predicted octanol–water partition coefficient (Wildman–Crippen LogP) is 1.38. The molecule has 1 saturated carbocycles. The summed E-state index contributed by atoms with van der Waals surface area (Å²) >= 11 is 1.20. The second kappa shape index (κ2) is 4.57. The monoisotopic (exact) mass is 226 g/mol. The van der Waals surface area contributed by atoms with Gasteiger partial charge in [0.15, 0.2) is 5.69 Å². The van der Waals surface area contributed by atoms with Crippen LogP contribution in [0, 0.1) is 0 Å². The van der Waals surface area contributed by atoms with E-state index in [4.69, 9.17) is 5.73 Å². The molecule has 0 saturated heterocycles. The van der Waals surface area contributed by atoms with Crippen LogP contribution >= 0.6 is 11.5 Å². The Labute approximate surface area is 92.2 Å². The fourth-order valence-electron chi connectivity index (χ4n) is 1.88. The van der Waals surface area contributed by atoms with E-state index in [9.17, 15) is 4.79 Å². The highest BCUT2D eigenvalue weighted by Crippen LogP contribution is 2.24. The van der Waals surface area contributed by atoms with Gasteiger partial charge in [0, 0.05) is 17.6 Å². The molecule has 3 N–H and O–H groups in total. The van der Waals surface area contributed by atoms with Crippen LogP contribution in [-0.2, 0) is 0 Å². The van der Waals surface area contributed by atoms with Crippen molar-refractivity contribution in [2.45, 2.75) is 38.1 Å². The highest BCUT2D eigenvalue weighted by molar-refractivity contribution is 7.10.